The van der Waals surface area contributed by atoms with Crippen molar-refractivity contribution in [3.63, 3.8) is 0 Å². The molecule has 3 heteroatoms. The van der Waals surface area contributed by atoms with Gasteiger partial charge in [0.2, 0.25) is 0 Å². The molecule has 94 valence electrons. The number of hydrogen-bond acceptors (Lipinski definition) is 3. The van der Waals surface area contributed by atoms with Crippen LogP contribution in [0.15, 0.2) is 10.8 Å². The van der Waals surface area contributed by atoms with Crippen LogP contribution >= 0.6 is 0 Å². The van der Waals surface area contributed by atoms with E-state index in [0.717, 1.165) is 36.4 Å². The van der Waals surface area contributed by atoms with Crippen molar-refractivity contribution in [2.45, 2.75) is 64.0 Å². The van der Waals surface area contributed by atoms with Crippen molar-refractivity contribution >= 4 is 0 Å². The quantitative estimate of drug-likeness (QED) is 0.851. The molecule has 1 aromatic rings. The largest absolute Gasteiger partial charge is 0.448 e. The predicted octanol–water partition coefficient (Wildman–Crippen LogP) is 3.05. The average Bonchev–Trinajstić information content (AvgIpc) is 3.09. The summed E-state index contributed by atoms with van der Waals surface area (Å²) in [4.78, 5) is 4.35. The molecule has 0 spiro atoms. The first-order valence-electron chi connectivity index (χ1n) is 7.06. The van der Waals surface area contributed by atoms with E-state index in [-0.39, 0.29) is 0 Å². The van der Waals surface area contributed by atoms with E-state index in [4.69, 9.17) is 4.42 Å². The highest BCUT2D eigenvalue weighted by molar-refractivity contribution is 5.08. The van der Waals surface area contributed by atoms with Crippen LogP contribution in [0.5, 0.6) is 0 Å². The molecule has 2 aliphatic carbocycles. The zero-order chi connectivity index (χ0) is 11.5. The molecule has 0 amide bonds. The standard InChI is InChI=1S/C14H22N2O/c1-2-4-11(5-3-1)8-14-13(16-10-17-14)9-15-12-6-7-12/h10-12,15H,1-9H2. The van der Waals surface area contributed by atoms with Crippen LogP contribution in [0, 0.1) is 5.92 Å². The third-order valence-electron chi connectivity index (χ3n) is 4.06. The molecule has 0 unspecified atom stereocenters. The molecular weight excluding hydrogens is 212 g/mol. The molecular formula is C14H22N2O. The molecule has 2 saturated carbocycles. The first-order valence-corrected chi connectivity index (χ1v) is 7.06. The number of hydrogen-bond donors (Lipinski definition) is 1. The molecule has 2 fully saturated rings. The molecule has 17 heavy (non-hydrogen) atoms. The van der Waals surface area contributed by atoms with Crippen LogP contribution in [-0.2, 0) is 13.0 Å². The first-order chi connectivity index (χ1) is 8.42. The van der Waals surface area contributed by atoms with Gasteiger partial charge < -0.3 is 9.73 Å². The Labute approximate surface area is 103 Å². The second kappa shape index (κ2) is 5.21. The third kappa shape index (κ3) is 3.09. The van der Waals surface area contributed by atoms with Crippen molar-refractivity contribution < 1.29 is 4.42 Å². The average molecular weight is 234 g/mol. The topological polar surface area (TPSA) is 38.1 Å². The number of aromatic nitrogens is 1. The van der Waals surface area contributed by atoms with Crippen LogP contribution < -0.4 is 5.32 Å². The van der Waals surface area contributed by atoms with Crippen LogP contribution in [-0.4, -0.2) is 11.0 Å². The lowest BCUT2D eigenvalue weighted by molar-refractivity contribution is 0.332. The Balaban J connectivity index is 1.55. The summed E-state index contributed by atoms with van der Waals surface area (Å²) in [6, 6.07) is 0.745. The maximum Gasteiger partial charge on any atom is 0.181 e. The summed E-state index contributed by atoms with van der Waals surface area (Å²) in [5.41, 5.74) is 1.14. The number of rotatable bonds is 5. The molecule has 3 rings (SSSR count). The van der Waals surface area contributed by atoms with Gasteiger partial charge in [-0.1, -0.05) is 32.1 Å². The van der Waals surface area contributed by atoms with Crippen molar-refractivity contribution in [1.82, 2.24) is 10.3 Å². The van der Waals surface area contributed by atoms with E-state index in [9.17, 15) is 0 Å². The van der Waals surface area contributed by atoms with Crippen molar-refractivity contribution in [2.24, 2.45) is 5.92 Å². The maximum atomic E-state index is 5.57. The van der Waals surface area contributed by atoms with Crippen LogP contribution in [0.4, 0.5) is 0 Å². The Bertz CT molecular complexity index is 351. The highest BCUT2D eigenvalue weighted by Crippen LogP contribution is 2.28. The zero-order valence-corrected chi connectivity index (χ0v) is 10.5. The number of nitrogens with zero attached hydrogens (tertiary/aromatic N) is 1. The first kappa shape index (κ1) is 11.3. The van der Waals surface area contributed by atoms with E-state index in [0.29, 0.717) is 0 Å². The number of nitrogens with one attached hydrogen (secondary N) is 1. The molecule has 0 atom stereocenters. The van der Waals surface area contributed by atoms with Crippen molar-refractivity contribution in [3.8, 4) is 0 Å². The molecule has 2 aliphatic rings. The fourth-order valence-electron chi connectivity index (χ4n) is 2.79. The summed E-state index contributed by atoms with van der Waals surface area (Å²) in [5.74, 6) is 1.96. The van der Waals surface area contributed by atoms with Gasteiger partial charge >= 0.3 is 0 Å². The second-order valence-electron chi connectivity index (χ2n) is 5.59. The van der Waals surface area contributed by atoms with Gasteiger partial charge in [0.25, 0.3) is 0 Å². The Kier molecular flexibility index (Phi) is 3.46. The fraction of sp³-hybridized carbons (Fsp3) is 0.786. The minimum atomic E-state index is 0.745. The van der Waals surface area contributed by atoms with E-state index in [1.165, 1.54) is 44.9 Å². The summed E-state index contributed by atoms with van der Waals surface area (Å²) >= 11 is 0. The van der Waals surface area contributed by atoms with Gasteiger partial charge in [-0.3, -0.25) is 0 Å². The third-order valence-corrected chi connectivity index (χ3v) is 4.06. The lowest BCUT2D eigenvalue weighted by Gasteiger charge is -2.20. The fourth-order valence-corrected chi connectivity index (χ4v) is 2.79. The van der Waals surface area contributed by atoms with Crippen molar-refractivity contribution in [1.29, 1.82) is 0 Å². The van der Waals surface area contributed by atoms with Crippen LogP contribution in [0.25, 0.3) is 0 Å². The normalized spacial score (nSPS) is 21.9. The highest BCUT2D eigenvalue weighted by Gasteiger charge is 2.22. The zero-order valence-electron chi connectivity index (χ0n) is 10.5. The smallest absolute Gasteiger partial charge is 0.181 e. The maximum absolute atomic E-state index is 5.57. The summed E-state index contributed by atoms with van der Waals surface area (Å²) in [7, 11) is 0. The summed E-state index contributed by atoms with van der Waals surface area (Å²) < 4.78 is 5.57. The highest BCUT2D eigenvalue weighted by atomic mass is 16.3. The molecule has 1 N–H and O–H groups in total. The van der Waals surface area contributed by atoms with E-state index in [2.05, 4.69) is 10.3 Å². The molecule has 1 heterocycles. The molecule has 0 aromatic carbocycles. The summed E-state index contributed by atoms with van der Waals surface area (Å²) in [6.45, 7) is 0.892. The van der Waals surface area contributed by atoms with Gasteiger partial charge in [-0.05, 0) is 18.8 Å². The van der Waals surface area contributed by atoms with E-state index >= 15 is 0 Å². The molecule has 0 aliphatic heterocycles. The minimum Gasteiger partial charge on any atom is -0.448 e. The van der Waals surface area contributed by atoms with Crippen LogP contribution in [0.2, 0.25) is 0 Å². The Morgan fingerprint density at radius 1 is 1.18 bits per heavy atom. The van der Waals surface area contributed by atoms with Gasteiger partial charge in [-0.25, -0.2) is 4.98 Å². The van der Waals surface area contributed by atoms with Gasteiger partial charge in [0.05, 0.1) is 5.69 Å². The van der Waals surface area contributed by atoms with E-state index in [1.54, 1.807) is 6.39 Å². The van der Waals surface area contributed by atoms with Gasteiger partial charge in [-0.2, -0.15) is 0 Å². The lowest BCUT2D eigenvalue weighted by atomic mass is 9.86. The number of oxazole rings is 1. The summed E-state index contributed by atoms with van der Waals surface area (Å²) in [6.07, 6.45) is 12.3. The SMILES string of the molecule is c1nc(CNC2CC2)c(CC2CCCCC2)o1. The predicted molar refractivity (Wildman–Crippen MR) is 66.6 cm³/mol. The molecule has 3 nitrogen and oxygen atoms in total. The molecule has 0 saturated heterocycles. The Morgan fingerprint density at radius 2 is 2.00 bits per heavy atom. The van der Waals surface area contributed by atoms with E-state index < -0.39 is 0 Å². The van der Waals surface area contributed by atoms with Gasteiger partial charge in [0, 0.05) is 19.0 Å². The Hall–Kier alpha value is -0.830. The molecule has 0 bridgehead atoms. The lowest BCUT2D eigenvalue weighted by Crippen LogP contribution is -2.17. The van der Waals surface area contributed by atoms with Crippen molar-refractivity contribution in [3.05, 3.63) is 17.8 Å². The van der Waals surface area contributed by atoms with Crippen molar-refractivity contribution in [2.75, 3.05) is 0 Å². The molecule has 0 radical (unpaired) electrons. The van der Waals surface area contributed by atoms with E-state index in [1.807, 2.05) is 0 Å². The second-order valence-corrected chi connectivity index (χ2v) is 5.59. The Morgan fingerprint density at radius 3 is 2.76 bits per heavy atom. The van der Waals surface area contributed by atoms with Crippen LogP contribution in [0.3, 0.4) is 0 Å². The van der Waals surface area contributed by atoms with Gasteiger partial charge in [-0.15, -0.1) is 0 Å². The molecule has 1 aromatic heterocycles. The summed E-state index contributed by atoms with van der Waals surface area (Å²) in [5, 5.41) is 3.51. The van der Waals surface area contributed by atoms with Gasteiger partial charge in [0.1, 0.15) is 5.76 Å². The monoisotopic (exact) mass is 234 g/mol. The van der Waals surface area contributed by atoms with Crippen LogP contribution in [0.1, 0.15) is 56.4 Å². The minimum absolute atomic E-state index is 0.745. The van der Waals surface area contributed by atoms with Gasteiger partial charge in [0.15, 0.2) is 6.39 Å².